The van der Waals surface area contributed by atoms with Crippen LogP contribution in [0.2, 0.25) is 0 Å². The van der Waals surface area contributed by atoms with Crippen molar-refractivity contribution in [3.63, 3.8) is 0 Å². The summed E-state index contributed by atoms with van der Waals surface area (Å²) >= 11 is 0. The number of anilines is 1. The van der Waals surface area contributed by atoms with Crippen LogP contribution in [0.3, 0.4) is 0 Å². The summed E-state index contributed by atoms with van der Waals surface area (Å²) in [5, 5.41) is 14.2. The molecule has 114 valence electrons. The maximum absolute atomic E-state index is 11.9. The highest BCUT2D eigenvalue weighted by atomic mass is 16.5. The molecule has 0 aliphatic carbocycles. The Morgan fingerprint density at radius 3 is 2.86 bits per heavy atom. The minimum atomic E-state index is -1.37. The molecule has 0 spiro atoms. The predicted molar refractivity (Wildman–Crippen MR) is 73.4 cm³/mol. The number of amides is 2. The number of hydrogen-bond donors (Lipinski definition) is 3. The first kappa shape index (κ1) is 15.0. The fraction of sp³-hybridized carbons (Fsp3) is 0.462. The van der Waals surface area contributed by atoms with Crippen molar-refractivity contribution in [3.8, 4) is 5.88 Å². The van der Waals surface area contributed by atoms with E-state index in [1.54, 1.807) is 12.1 Å². The Kier molecular flexibility index (Phi) is 4.59. The van der Waals surface area contributed by atoms with E-state index in [0.29, 0.717) is 24.8 Å². The second kappa shape index (κ2) is 6.40. The first-order valence-corrected chi connectivity index (χ1v) is 6.55. The van der Waals surface area contributed by atoms with E-state index >= 15 is 0 Å². The second-order valence-corrected chi connectivity index (χ2v) is 4.59. The highest BCUT2D eigenvalue weighted by Gasteiger charge is 2.44. The van der Waals surface area contributed by atoms with Crippen molar-refractivity contribution in [2.45, 2.75) is 18.9 Å². The van der Waals surface area contributed by atoms with E-state index in [1.807, 2.05) is 6.92 Å². The zero-order valence-corrected chi connectivity index (χ0v) is 11.6. The molecule has 1 saturated heterocycles. The number of nitrogens with zero attached hydrogens (tertiary/aromatic N) is 1. The minimum absolute atomic E-state index is 0.0444. The summed E-state index contributed by atoms with van der Waals surface area (Å²) in [5.74, 6) is -0.658. The lowest BCUT2D eigenvalue weighted by Gasteiger charge is -2.23. The molecule has 0 aromatic carbocycles. The maximum atomic E-state index is 11.9. The normalized spacial score (nSPS) is 20.8. The van der Waals surface area contributed by atoms with E-state index < -0.39 is 17.5 Å². The fourth-order valence-corrected chi connectivity index (χ4v) is 1.95. The highest BCUT2D eigenvalue weighted by Crippen LogP contribution is 2.19. The summed E-state index contributed by atoms with van der Waals surface area (Å²) in [7, 11) is 0. The molecule has 0 saturated carbocycles. The van der Waals surface area contributed by atoms with Crippen LogP contribution in [0.15, 0.2) is 18.3 Å². The summed E-state index contributed by atoms with van der Waals surface area (Å²) in [6.07, 6.45) is 1.67. The molecule has 0 bridgehead atoms. The van der Waals surface area contributed by atoms with Crippen molar-refractivity contribution < 1.29 is 24.2 Å². The number of rotatable bonds is 5. The number of nitrogens with one attached hydrogen (secondary N) is 2. The molecule has 1 aromatic rings. The number of carboxylic acid groups (broad SMARTS) is 1. The van der Waals surface area contributed by atoms with Gasteiger partial charge in [-0.25, -0.2) is 14.6 Å². The Labute approximate surface area is 121 Å². The van der Waals surface area contributed by atoms with Gasteiger partial charge in [0, 0.05) is 19.1 Å². The second-order valence-electron chi connectivity index (χ2n) is 4.59. The van der Waals surface area contributed by atoms with Gasteiger partial charge < -0.3 is 25.2 Å². The molecule has 1 atom stereocenters. The van der Waals surface area contributed by atoms with Crippen LogP contribution in [0, 0.1) is 0 Å². The SMILES string of the molecule is CCOc1ccc(NC(=O)NC2(C(=O)O)CCOC2)cn1. The summed E-state index contributed by atoms with van der Waals surface area (Å²) in [6, 6.07) is 2.62. The van der Waals surface area contributed by atoms with Gasteiger partial charge in [0.1, 0.15) is 0 Å². The molecule has 21 heavy (non-hydrogen) atoms. The van der Waals surface area contributed by atoms with E-state index in [2.05, 4.69) is 15.6 Å². The van der Waals surface area contributed by atoms with Crippen LogP contribution in [0.1, 0.15) is 13.3 Å². The molecular formula is C13H17N3O5. The topological polar surface area (TPSA) is 110 Å². The lowest BCUT2D eigenvalue weighted by atomic mass is 9.99. The number of aromatic nitrogens is 1. The molecule has 2 rings (SSSR count). The highest BCUT2D eigenvalue weighted by molar-refractivity contribution is 5.94. The summed E-state index contributed by atoms with van der Waals surface area (Å²) in [5.41, 5.74) is -0.932. The molecule has 2 amide bonds. The van der Waals surface area contributed by atoms with Crippen molar-refractivity contribution in [2.75, 3.05) is 25.1 Å². The number of pyridine rings is 1. The molecule has 1 aliphatic heterocycles. The van der Waals surface area contributed by atoms with Gasteiger partial charge in [-0.15, -0.1) is 0 Å². The van der Waals surface area contributed by atoms with Crippen LogP contribution >= 0.6 is 0 Å². The van der Waals surface area contributed by atoms with E-state index in [1.165, 1.54) is 6.20 Å². The Morgan fingerprint density at radius 1 is 1.52 bits per heavy atom. The van der Waals surface area contributed by atoms with Gasteiger partial charge >= 0.3 is 12.0 Å². The molecule has 1 aromatic heterocycles. The Balaban J connectivity index is 1.96. The minimum Gasteiger partial charge on any atom is -0.479 e. The summed E-state index contributed by atoms with van der Waals surface area (Å²) in [6.45, 7) is 2.60. The summed E-state index contributed by atoms with van der Waals surface area (Å²) in [4.78, 5) is 27.2. The van der Waals surface area contributed by atoms with Crippen LogP contribution in [0.25, 0.3) is 0 Å². The van der Waals surface area contributed by atoms with Gasteiger partial charge in [-0.1, -0.05) is 0 Å². The number of carboxylic acids is 1. The Hall–Kier alpha value is -2.35. The van der Waals surface area contributed by atoms with Crippen LogP contribution in [0.5, 0.6) is 5.88 Å². The van der Waals surface area contributed by atoms with Gasteiger partial charge in [-0.05, 0) is 13.0 Å². The van der Waals surface area contributed by atoms with Gasteiger partial charge in [-0.2, -0.15) is 0 Å². The first-order chi connectivity index (χ1) is 10.1. The largest absolute Gasteiger partial charge is 0.479 e. The number of urea groups is 1. The molecular weight excluding hydrogens is 278 g/mol. The molecule has 2 heterocycles. The fourth-order valence-electron chi connectivity index (χ4n) is 1.95. The van der Waals surface area contributed by atoms with E-state index in [4.69, 9.17) is 9.47 Å². The lowest BCUT2D eigenvalue weighted by Crippen LogP contribution is -2.56. The predicted octanol–water partition coefficient (Wildman–Crippen LogP) is 0.845. The Morgan fingerprint density at radius 2 is 2.33 bits per heavy atom. The number of ether oxygens (including phenoxy) is 2. The van der Waals surface area contributed by atoms with E-state index in [9.17, 15) is 14.7 Å². The Bertz CT molecular complexity index is 511. The van der Waals surface area contributed by atoms with Crippen molar-refractivity contribution in [3.05, 3.63) is 18.3 Å². The monoisotopic (exact) mass is 295 g/mol. The third-order valence-electron chi connectivity index (χ3n) is 3.07. The molecule has 1 fully saturated rings. The van der Waals surface area contributed by atoms with E-state index in [-0.39, 0.29) is 13.0 Å². The molecule has 3 N–H and O–H groups in total. The van der Waals surface area contributed by atoms with Gasteiger partial charge in [-0.3, -0.25) is 0 Å². The van der Waals surface area contributed by atoms with Crippen LogP contribution < -0.4 is 15.4 Å². The van der Waals surface area contributed by atoms with Gasteiger partial charge in [0.15, 0.2) is 5.54 Å². The number of carbonyl (C=O) groups is 2. The maximum Gasteiger partial charge on any atom is 0.332 e. The van der Waals surface area contributed by atoms with Crippen molar-refractivity contribution in [1.29, 1.82) is 0 Å². The van der Waals surface area contributed by atoms with Crippen molar-refractivity contribution in [2.24, 2.45) is 0 Å². The van der Waals surface area contributed by atoms with Gasteiger partial charge in [0.25, 0.3) is 0 Å². The van der Waals surface area contributed by atoms with Crippen LogP contribution in [-0.2, 0) is 9.53 Å². The third-order valence-corrected chi connectivity index (χ3v) is 3.07. The summed E-state index contributed by atoms with van der Waals surface area (Å²) < 4.78 is 10.3. The smallest absolute Gasteiger partial charge is 0.332 e. The van der Waals surface area contributed by atoms with Crippen LogP contribution in [0.4, 0.5) is 10.5 Å². The van der Waals surface area contributed by atoms with Crippen LogP contribution in [-0.4, -0.2) is 47.5 Å². The quantitative estimate of drug-likeness (QED) is 0.742. The molecule has 8 nitrogen and oxygen atoms in total. The van der Waals surface area contributed by atoms with Gasteiger partial charge in [0.2, 0.25) is 5.88 Å². The molecule has 1 aliphatic rings. The number of carbonyl (C=O) groups excluding carboxylic acids is 1. The average molecular weight is 295 g/mol. The van der Waals surface area contributed by atoms with E-state index in [0.717, 1.165) is 0 Å². The molecule has 1 unspecified atom stereocenters. The molecule has 0 radical (unpaired) electrons. The van der Waals surface area contributed by atoms with Crippen molar-refractivity contribution >= 4 is 17.7 Å². The number of hydrogen-bond acceptors (Lipinski definition) is 5. The first-order valence-electron chi connectivity index (χ1n) is 6.55. The zero-order chi connectivity index (χ0) is 15.3. The average Bonchev–Trinajstić information content (AvgIpc) is 2.91. The standard InChI is InChI=1S/C13H17N3O5/c1-2-21-10-4-3-9(7-14-10)15-12(19)16-13(11(17)18)5-6-20-8-13/h3-4,7H,2,5-6,8H2,1H3,(H,17,18)(H2,15,16,19). The van der Waals surface area contributed by atoms with Crippen molar-refractivity contribution in [1.82, 2.24) is 10.3 Å². The molecule has 8 heteroatoms. The van der Waals surface area contributed by atoms with Gasteiger partial charge in [0.05, 0.1) is 25.1 Å². The zero-order valence-electron chi connectivity index (χ0n) is 11.6. The lowest BCUT2D eigenvalue weighted by molar-refractivity contribution is -0.144. The number of aliphatic carboxylic acids is 1. The third kappa shape index (κ3) is 3.60.